The molecule has 0 aliphatic heterocycles. The van der Waals surface area contributed by atoms with Gasteiger partial charge in [-0.2, -0.15) is 5.26 Å². The number of nitriles is 1. The van der Waals surface area contributed by atoms with E-state index >= 15 is 0 Å². The van der Waals surface area contributed by atoms with E-state index in [1.807, 2.05) is 48.0 Å². The first-order chi connectivity index (χ1) is 7.86. The summed E-state index contributed by atoms with van der Waals surface area (Å²) < 4.78 is 1.93. The zero-order valence-electron chi connectivity index (χ0n) is 9.17. The Labute approximate surface area is 95.0 Å². The molecule has 1 aromatic heterocycles. The molecular weight excluding hydrogens is 198 g/mol. The third-order valence-electron chi connectivity index (χ3n) is 2.57. The highest BCUT2D eigenvalue weighted by Crippen LogP contribution is 2.21. The highest BCUT2D eigenvalue weighted by atomic mass is 15.1. The summed E-state index contributed by atoms with van der Waals surface area (Å²) in [6, 6.07) is 12.1. The molecule has 1 unspecified atom stereocenters. The number of nitrogens with zero attached hydrogens (tertiary/aromatic N) is 3. The van der Waals surface area contributed by atoms with Gasteiger partial charge in [-0.15, -0.1) is 0 Å². The maximum Gasteiger partial charge on any atom is 0.141 e. The number of aromatic nitrogens is 2. The average Bonchev–Trinajstić information content (AvgIpc) is 2.81. The normalized spacial score (nSPS) is 12.0. The molecule has 1 atom stereocenters. The third kappa shape index (κ3) is 1.82. The fourth-order valence-corrected chi connectivity index (χ4v) is 1.73. The molecule has 0 spiro atoms. The van der Waals surface area contributed by atoms with E-state index < -0.39 is 0 Å². The minimum absolute atomic E-state index is 0.141. The minimum atomic E-state index is -0.141. The van der Waals surface area contributed by atoms with Gasteiger partial charge < -0.3 is 4.57 Å². The molecule has 3 nitrogen and oxygen atoms in total. The van der Waals surface area contributed by atoms with E-state index in [-0.39, 0.29) is 6.04 Å². The van der Waals surface area contributed by atoms with Gasteiger partial charge in [-0.1, -0.05) is 37.3 Å². The molecule has 0 bridgehead atoms. The maximum atomic E-state index is 9.07. The minimum Gasteiger partial charge on any atom is -0.314 e. The topological polar surface area (TPSA) is 41.6 Å². The molecule has 0 N–H and O–H groups in total. The zero-order chi connectivity index (χ0) is 11.4. The van der Waals surface area contributed by atoms with E-state index in [1.54, 1.807) is 6.20 Å². The van der Waals surface area contributed by atoms with Crippen LogP contribution in [0.5, 0.6) is 0 Å². The first-order valence-corrected chi connectivity index (χ1v) is 5.34. The Morgan fingerprint density at radius 2 is 2.12 bits per heavy atom. The second kappa shape index (κ2) is 4.63. The van der Waals surface area contributed by atoms with Crippen LogP contribution in [0.15, 0.2) is 42.7 Å². The lowest BCUT2D eigenvalue weighted by Gasteiger charge is -2.11. The van der Waals surface area contributed by atoms with Crippen LogP contribution < -0.4 is 0 Å². The molecule has 0 saturated carbocycles. The van der Waals surface area contributed by atoms with Crippen LogP contribution in [0.2, 0.25) is 0 Å². The van der Waals surface area contributed by atoms with Crippen molar-refractivity contribution in [1.82, 2.24) is 9.55 Å². The van der Waals surface area contributed by atoms with Gasteiger partial charge in [0.05, 0.1) is 6.07 Å². The van der Waals surface area contributed by atoms with Gasteiger partial charge in [-0.25, -0.2) is 4.98 Å². The summed E-state index contributed by atoms with van der Waals surface area (Å²) in [5.74, 6) is 0.856. The molecule has 0 amide bonds. The van der Waals surface area contributed by atoms with E-state index in [9.17, 15) is 0 Å². The summed E-state index contributed by atoms with van der Waals surface area (Å²) in [6.45, 7) is 2.00. The third-order valence-corrected chi connectivity index (χ3v) is 2.57. The van der Waals surface area contributed by atoms with Gasteiger partial charge in [0.25, 0.3) is 0 Å². The van der Waals surface area contributed by atoms with Gasteiger partial charge in [-0.05, 0) is 6.42 Å². The van der Waals surface area contributed by atoms with Crippen molar-refractivity contribution in [1.29, 1.82) is 5.26 Å². The molecule has 16 heavy (non-hydrogen) atoms. The summed E-state index contributed by atoms with van der Waals surface area (Å²) in [4.78, 5) is 4.32. The number of benzene rings is 1. The molecule has 80 valence electrons. The number of rotatable bonds is 3. The standard InChI is InChI=1S/C13H13N3/c1-2-12(10-14)16-9-8-15-13(16)11-6-4-3-5-7-11/h3-9,12H,2H2,1H3. The molecule has 2 rings (SSSR count). The lowest BCUT2D eigenvalue weighted by molar-refractivity contribution is 0.603. The Bertz CT molecular complexity index is 493. The predicted molar refractivity (Wildman–Crippen MR) is 62.6 cm³/mol. The van der Waals surface area contributed by atoms with Crippen molar-refractivity contribution in [3.8, 4) is 17.5 Å². The summed E-state index contributed by atoms with van der Waals surface area (Å²) in [7, 11) is 0. The number of imidazole rings is 1. The van der Waals surface area contributed by atoms with Crippen molar-refractivity contribution in [2.75, 3.05) is 0 Å². The van der Waals surface area contributed by atoms with Gasteiger partial charge in [0.15, 0.2) is 0 Å². The van der Waals surface area contributed by atoms with Crippen LogP contribution in [-0.4, -0.2) is 9.55 Å². The first-order valence-electron chi connectivity index (χ1n) is 5.34. The lowest BCUT2D eigenvalue weighted by atomic mass is 10.2. The summed E-state index contributed by atoms with van der Waals surface area (Å²) in [5.41, 5.74) is 1.04. The van der Waals surface area contributed by atoms with Crippen LogP contribution in [-0.2, 0) is 0 Å². The fraction of sp³-hybridized carbons (Fsp3) is 0.231. The second-order valence-corrected chi connectivity index (χ2v) is 3.58. The second-order valence-electron chi connectivity index (χ2n) is 3.58. The monoisotopic (exact) mass is 211 g/mol. The molecule has 1 heterocycles. The van der Waals surface area contributed by atoms with Crippen LogP contribution >= 0.6 is 0 Å². The highest BCUT2D eigenvalue weighted by Gasteiger charge is 2.12. The Balaban J connectivity index is 2.45. The predicted octanol–water partition coefficient (Wildman–Crippen LogP) is 3.02. The van der Waals surface area contributed by atoms with E-state index in [1.165, 1.54) is 0 Å². The molecule has 0 fully saturated rings. The Morgan fingerprint density at radius 3 is 2.75 bits per heavy atom. The average molecular weight is 211 g/mol. The van der Waals surface area contributed by atoms with Crippen LogP contribution in [0.4, 0.5) is 0 Å². The van der Waals surface area contributed by atoms with Crippen LogP contribution in [0.1, 0.15) is 19.4 Å². The largest absolute Gasteiger partial charge is 0.314 e. The summed E-state index contributed by atoms with van der Waals surface area (Å²) >= 11 is 0. The van der Waals surface area contributed by atoms with Crippen molar-refractivity contribution >= 4 is 0 Å². The lowest BCUT2D eigenvalue weighted by Crippen LogP contribution is -2.06. The molecule has 0 aliphatic rings. The van der Waals surface area contributed by atoms with Crippen molar-refractivity contribution in [3.63, 3.8) is 0 Å². The SMILES string of the molecule is CCC(C#N)n1ccnc1-c1ccccc1. The van der Waals surface area contributed by atoms with Crippen molar-refractivity contribution in [3.05, 3.63) is 42.7 Å². The van der Waals surface area contributed by atoms with Gasteiger partial charge in [0.1, 0.15) is 11.9 Å². The van der Waals surface area contributed by atoms with Crippen molar-refractivity contribution < 1.29 is 0 Å². The maximum absolute atomic E-state index is 9.07. The van der Waals surface area contributed by atoms with Crippen LogP contribution in [0, 0.1) is 11.3 Å². The van der Waals surface area contributed by atoms with Crippen LogP contribution in [0.25, 0.3) is 11.4 Å². The zero-order valence-corrected chi connectivity index (χ0v) is 9.17. The molecule has 0 radical (unpaired) electrons. The molecular formula is C13H13N3. The number of hydrogen-bond acceptors (Lipinski definition) is 2. The van der Waals surface area contributed by atoms with Gasteiger partial charge in [0, 0.05) is 18.0 Å². The smallest absolute Gasteiger partial charge is 0.141 e. The molecule has 0 saturated heterocycles. The van der Waals surface area contributed by atoms with Gasteiger partial charge >= 0.3 is 0 Å². The Hall–Kier alpha value is -2.08. The molecule has 0 aliphatic carbocycles. The summed E-state index contributed by atoms with van der Waals surface area (Å²) in [5, 5.41) is 9.07. The van der Waals surface area contributed by atoms with E-state index in [2.05, 4.69) is 11.1 Å². The fourth-order valence-electron chi connectivity index (χ4n) is 1.73. The van der Waals surface area contributed by atoms with Crippen molar-refractivity contribution in [2.24, 2.45) is 0 Å². The molecule has 1 aromatic carbocycles. The van der Waals surface area contributed by atoms with Crippen molar-refractivity contribution in [2.45, 2.75) is 19.4 Å². The Kier molecular flexibility index (Phi) is 3.02. The first kappa shape index (κ1) is 10.4. The highest BCUT2D eigenvalue weighted by molar-refractivity contribution is 5.55. The van der Waals surface area contributed by atoms with Gasteiger partial charge in [0.2, 0.25) is 0 Å². The van der Waals surface area contributed by atoms with Crippen LogP contribution in [0.3, 0.4) is 0 Å². The molecule has 3 heteroatoms. The molecule has 2 aromatic rings. The van der Waals surface area contributed by atoms with Gasteiger partial charge in [-0.3, -0.25) is 0 Å². The van der Waals surface area contributed by atoms with E-state index in [4.69, 9.17) is 5.26 Å². The van der Waals surface area contributed by atoms with E-state index in [0.717, 1.165) is 17.8 Å². The summed E-state index contributed by atoms with van der Waals surface area (Å²) in [6.07, 6.45) is 4.38. The Morgan fingerprint density at radius 1 is 1.38 bits per heavy atom. The quantitative estimate of drug-likeness (QED) is 0.783. The van der Waals surface area contributed by atoms with E-state index in [0.29, 0.717) is 0 Å². The number of hydrogen-bond donors (Lipinski definition) is 0.